The average Bonchev–Trinajstić information content (AvgIpc) is 2.60. The van der Waals surface area contributed by atoms with Crippen LogP contribution in [0.15, 0.2) is 53.4 Å². The van der Waals surface area contributed by atoms with E-state index in [1.54, 1.807) is 4.72 Å². The molecule has 1 unspecified atom stereocenters. The number of hydrogen-bond acceptors (Lipinski definition) is 7. The average molecular weight is 462 g/mol. The summed E-state index contributed by atoms with van der Waals surface area (Å²) in [6, 6.07) is 6.43. The van der Waals surface area contributed by atoms with Crippen LogP contribution in [0, 0.1) is 10.1 Å². The molecule has 0 amide bonds. The standard InChI is InChI=1S/C14H12F3N2O7PS.Na/c15-14(16,17)10-1-7-13(8-2-10)28(24,25)18-9-27(22,23)26-12-5-3-11(4-6-12)19(20)21;/h1-8,18H,9H2,(H,22,23);/q;+1/p-1. The van der Waals surface area contributed by atoms with Crippen molar-refractivity contribution in [1.82, 2.24) is 4.72 Å². The molecular weight excluding hydrogens is 451 g/mol. The molecular formula is C14H11F3N2NaO7PS. The minimum absolute atomic E-state index is 0. The quantitative estimate of drug-likeness (QED) is 0.253. The maximum Gasteiger partial charge on any atom is 1.00 e. The summed E-state index contributed by atoms with van der Waals surface area (Å²) >= 11 is 0. The van der Waals surface area contributed by atoms with Crippen LogP contribution in [0.5, 0.6) is 5.75 Å². The Morgan fingerprint density at radius 2 is 1.59 bits per heavy atom. The topological polar surface area (TPSA) is 139 Å². The fourth-order valence-corrected chi connectivity index (χ4v) is 4.37. The number of halogens is 3. The first-order valence-electron chi connectivity index (χ1n) is 7.21. The molecule has 0 radical (unpaired) electrons. The molecule has 9 nitrogen and oxygen atoms in total. The Bertz CT molecular complexity index is 1020. The molecule has 0 aliphatic carbocycles. The van der Waals surface area contributed by atoms with Crippen molar-refractivity contribution in [3.63, 3.8) is 0 Å². The van der Waals surface area contributed by atoms with Crippen LogP contribution in [0.3, 0.4) is 0 Å². The van der Waals surface area contributed by atoms with E-state index in [1.807, 2.05) is 0 Å². The second-order valence-corrected chi connectivity index (χ2v) is 8.77. The fourth-order valence-electron chi connectivity index (χ4n) is 1.89. The van der Waals surface area contributed by atoms with E-state index in [0.717, 1.165) is 24.3 Å². The van der Waals surface area contributed by atoms with Crippen LogP contribution in [-0.4, -0.2) is 19.6 Å². The molecule has 2 rings (SSSR count). The van der Waals surface area contributed by atoms with Crippen molar-refractivity contribution in [2.45, 2.75) is 11.1 Å². The third-order valence-corrected chi connectivity index (χ3v) is 5.90. The summed E-state index contributed by atoms with van der Waals surface area (Å²) in [6.45, 7) is 0. The van der Waals surface area contributed by atoms with Crippen molar-refractivity contribution in [1.29, 1.82) is 0 Å². The van der Waals surface area contributed by atoms with Crippen molar-refractivity contribution in [2.24, 2.45) is 0 Å². The van der Waals surface area contributed by atoms with Crippen molar-refractivity contribution in [3.05, 3.63) is 64.2 Å². The number of alkyl halides is 3. The molecule has 0 bridgehead atoms. The van der Waals surface area contributed by atoms with E-state index in [9.17, 15) is 41.2 Å². The number of rotatable bonds is 7. The van der Waals surface area contributed by atoms with Gasteiger partial charge >= 0.3 is 35.7 Å². The summed E-state index contributed by atoms with van der Waals surface area (Å²) in [5.41, 5.74) is -1.38. The summed E-state index contributed by atoms with van der Waals surface area (Å²) < 4.78 is 79.8. The Morgan fingerprint density at radius 3 is 2.03 bits per heavy atom. The Labute approximate surface area is 184 Å². The largest absolute Gasteiger partial charge is 1.00 e. The zero-order valence-corrected chi connectivity index (χ0v) is 18.3. The van der Waals surface area contributed by atoms with E-state index < -0.39 is 45.5 Å². The molecule has 2 aromatic rings. The second-order valence-electron chi connectivity index (χ2n) is 5.28. The van der Waals surface area contributed by atoms with E-state index in [4.69, 9.17) is 0 Å². The SMILES string of the molecule is O=[N+]([O-])c1ccc(OP(=O)([O-])CNS(=O)(=O)c2ccc(C(F)(F)F)cc2)cc1.[Na+]. The Morgan fingerprint density at radius 1 is 1.07 bits per heavy atom. The Hall–Kier alpha value is -1.47. The van der Waals surface area contributed by atoms with Crippen LogP contribution in [-0.2, 0) is 20.8 Å². The first-order chi connectivity index (χ1) is 12.8. The van der Waals surface area contributed by atoms with Gasteiger partial charge in [-0.1, -0.05) is 0 Å². The van der Waals surface area contributed by atoms with Gasteiger partial charge in [0.1, 0.15) is 5.75 Å². The molecule has 0 saturated heterocycles. The first-order valence-corrected chi connectivity index (χ1v) is 10.4. The molecule has 152 valence electrons. The minimum Gasteiger partial charge on any atom is -0.768 e. The van der Waals surface area contributed by atoms with Crippen LogP contribution < -0.4 is 43.7 Å². The molecule has 2 aromatic carbocycles. The Balaban J connectivity index is 0.00000420. The summed E-state index contributed by atoms with van der Waals surface area (Å²) in [7, 11) is -9.22. The second kappa shape index (κ2) is 9.56. The molecule has 0 heterocycles. The van der Waals surface area contributed by atoms with Gasteiger partial charge in [0.05, 0.1) is 21.7 Å². The van der Waals surface area contributed by atoms with Gasteiger partial charge in [0.15, 0.2) is 7.60 Å². The van der Waals surface area contributed by atoms with E-state index in [2.05, 4.69) is 4.52 Å². The van der Waals surface area contributed by atoms with E-state index in [0.29, 0.717) is 24.3 Å². The van der Waals surface area contributed by atoms with Gasteiger partial charge in [0.25, 0.3) is 5.69 Å². The smallest absolute Gasteiger partial charge is 0.768 e. The zero-order chi connectivity index (χ0) is 21.2. The molecule has 1 N–H and O–H groups in total. The minimum atomic E-state index is -4.80. The number of hydrogen-bond donors (Lipinski definition) is 1. The summed E-state index contributed by atoms with van der Waals surface area (Å²) in [4.78, 5) is 21.1. The van der Waals surface area contributed by atoms with E-state index in [1.165, 1.54) is 0 Å². The van der Waals surface area contributed by atoms with Gasteiger partial charge in [0.2, 0.25) is 10.0 Å². The molecule has 29 heavy (non-hydrogen) atoms. The molecule has 0 saturated carbocycles. The molecule has 0 aliphatic heterocycles. The number of nitrogens with zero attached hydrogens (tertiary/aromatic N) is 1. The first kappa shape index (κ1) is 25.6. The molecule has 0 aliphatic rings. The van der Waals surface area contributed by atoms with Crippen molar-refractivity contribution in [2.75, 3.05) is 6.29 Å². The number of benzene rings is 2. The number of nitro benzene ring substituents is 1. The maximum atomic E-state index is 12.5. The predicted molar refractivity (Wildman–Crippen MR) is 88.0 cm³/mol. The van der Waals surface area contributed by atoms with Gasteiger partial charge < -0.3 is 9.42 Å². The summed E-state index contributed by atoms with van der Waals surface area (Å²) in [5.74, 6) is -0.280. The Kier molecular flexibility index (Phi) is 8.43. The van der Waals surface area contributed by atoms with Gasteiger partial charge in [-0.25, -0.2) is 13.1 Å². The summed E-state index contributed by atoms with van der Waals surface area (Å²) in [6.07, 6.45) is -5.84. The van der Waals surface area contributed by atoms with Crippen LogP contribution in [0.4, 0.5) is 18.9 Å². The van der Waals surface area contributed by atoms with Crippen LogP contribution in [0.25, 0.3) is 0 Å². The molecule has 0 spiro atoms. The maximum absolute atomic E-state index is 12.5. The number of nitrogens with one attached hydrogen (secondary N) is 1. The van der Waals surface area contributed by atoms with Crippen molar-refractivity contribution >= 4 is 23.3 Å². The molecule has 0 aromatic heterocycles. The summed E-state index contributed by atoms with van der Waals surface area (Å²) in [5, 5.41) is 10.5. The molecule has 0 fully saturated rings. The van der Waals surface area contributed by atoms with Crippen LogP contribution in [0.1, 0.15) is 5.56 Å². The van der Waals surface area contributed by atoms with E-state index >= 15 is 0 Å². The van der Waals surface area contributed by atoms with Crippen molar-refractivity contribution in [3.8, 4) is 5.75 Å². The predicted octanol–water partition coefficient (Wildman–Crippen LogP) is -0.514. The van der Waals surface area contributed by atoms with Gasteiger partial charge in [0, 0.05) is 12.1 Å². The fraction of sp³-hybridized carbons (Fsp3) is 0.143. The third kappa shape index (κ3) is 7.37. The van der Waals surface area contributed by atoms with E-state index in [-0.39, 0.29) is 41.0 Å². The van der Waals surface area contributed by atoms with Crippen LogP contribution in [0.2, 0.25) is 0 Å². The number of sulfonamides is 1. The normalized spacial score (nSPS) is 13.8. The van der Waals surface area contributed by atoms with Gasteiger partial charge in [-0.3, -0.25) is 14.7 Å². The number of non-ortho nitro benzene ring substituents is 1. The van der Waals surface area contributed by atoms with Crippen molar-refractivity contribution < 1.29 is 70.1 Å². The molecule has 1 atom stereocenters. The number of nitro groups is 1. The van der Waals surface area contributed by atoms with Gasteiger partial charge in [-0.15, -0.1) is 0 Å². The third-order valence-electron chi connectivity index (χ3n) is 3.23. The molecule has 15 heteroatoms. The van der Waals surface area contributed by atoms with Crippen LogP contribution >= 0.6 is 7.60 Å². The monoisotopic (exact) mass is 462 g/mol. The van der Waals surface area contributed by atoms with Gasteiger partial charge in [-0.2, -0.15) is 13.2 Å². The zero-order valence-electron chi connectivity index (χ0n) is 14.6. The van der Waals surface area contributed by atoms with Gasteiger partial charge in [-0.05, 0) is 36.4 Å².